The first-order valence-corrected chi connectivity index (χ1v) is 10.7. The van der Waals surface area contributed by atoms with Crippen molar-refractivity contribution in [3.63, 3.8) is 0 Å². The Morgan fingerprint density at radius 2 is 1.89 bits per heavy atom. The summed E-state index contributed by atoms with van der Waals surface area (Å²) >= 11 is 5.42. The molecule has 0 unspecified atom stereocenters. The quantitative estimate of drug-likeness (QED) is 0.381. The molecule has 1 saturated heterocycles. The topological polar surface area (TPSA) is 104 Å². The van der Waals surface area contributed by atoms with E-state index in [2.05, 4.69) is 9.97 Å². The number of halogens is 4. The highest BCUT2D eigenvalue weighted by Crippen LogP contribution is 2.39. The third-order valence-corrected chi connectivity index (χ3v) is 5.80. The molecule has 1 fully saturated rings. The zero-order valence-corrected chi connectivity index (χ0v) is 19.7. The van der Waals surface area contributed by atoms with Crippen LogP contribution in [0.5, 0.6) is 5.88 Å². The summed E-state index contributed by atoms with van der Waals surface area (Å²) < 4.78 is 61.5. The lowest BCUT2D eigenvalue weighted by molar-refractivity contribution is -0.138. The highest BCUT2D eigenvalue weighted by atomic mass is 32.1. The van der Waals surface area contributed by atoms with Gasteiger partial charge in [0.1, 0.15) is 11.6 Å². The normalized spacial score (nSPS) is 15.5. The first-order valence-electron chi connectivity index (χ1n) is 10.3. The molecule has 0 atom stereocenters. The number of nitriles is 1. The number of amides is 1. The van der Waals surface area contributed by atoms with Crippen LogP contribution < -0.4 is 20.1 Å². The van der Waals surface area contributed by atoms with E-state index in [-0.39, 0.29) is 34.6 Å². The summed E-state index contributed by atoms with van der Waals surface area (Å²) in [5.41, 5.74) is -5.03. The predicted octanol–water partition coefficient (Wildman–Crippen LogP) is 3.43. The van der Waals surface area contributed by atoms with Gasteiger partial charge in [0, 0.05) is 12.3 Å². The minimum Gasteiger partial charge on any atom is -0.478 e. The lowest BCUT2D eigenvalue weighted by atomic mass is 10.0. The zero-order chi connectivity index (χ0) is 26.6. The van der Waals surface area contributed by atoms with Crippen LogP contribution in [0.3, 0.4) is 0 Å². The van der Waals surface area contributed by atoms with Crippen LogP contribution in [0, 0.1) is 17.1 Å². The molecule has 1 aliphatic rings. The van der Waals surface area contributed by atoms with Gasteiger partial charge in [-0.1, -0.05) is 0 Å². The third kappa shape index (κ3) is 3.91. The van der Waals surface area contributed by atoms with Crippen molar-refractivity contribution in [2.45, 2.75) is 32.5 Å². The molecule has 0 bridgehead atoms. The Balaban J connectivity index is 1.85. The number of aromatic nitrogens is 3. The van der Waals surface area contributed by atoms with Crippen molar-refractivity contribution in [3.05, 3.63) is 58.0 Å². The molecule has 14 heteroatoms. The smallest absolute Gasteiger partial charge is 0.419 e. The van der Waals surface area contributed by atoms with Gasteiger partial charge < -0.3 is 9.64 Å². The SMILES string of the molecule is CCOc1cc(=O)n2cc(N3C(=S)N(c4cnc(C#N)c(C(F)(F)F)c4)C(=O)C3(C)C)cc(F)c2n1. The number of thiocarbonyl (C=S) groups is 1. The Kier molecular flexibility index (Phi) is 5.91. The summed E-state index contributed by atoms with van der Waals surface area (Å²) in [5, 5.41) is 8.71. The van der Waals surface area contributed by atoms with Crippen molar-refractivity contribution >= 4 is 40.3 Å². The highest BCUT2D eigenvalue weighted by molar-refractivity contribution is 7.81. The maximum absolute atomic E-state index is 15.1. The highest BCUT2D eigenvalue weighted by Gasteiger charge is 2.51. The Morgan fingerprint density at radius 3 is 2.50 bits per heavy atom. The molecule has 3 aromatic heterocycles. The van der Waals surface area contributed by atoms with E-state index >= 15 is 4.39 Å². The molecule has 9 nitrogen and oxygen atoms in total. The van der Waals surface area contributed by atoms with Gasteiger partial charge in [-0.05, 0) is 39.1 Å². The van der Waals surface area contributed by atoms with Gasteiger partial charge in [-0.2, -0.15) is 23.4 Å². The standard InChI is InChI=1S/C22H16F4N6O3S/c1-4-35-16-7-17(33)30-10-12(6-14(23)18(30)29-16)32-20(36)31(19(34)21(32,2)3)11-5-13(22(24,25)26)15(8-27)28-9-11/h5-7,9-10H,4H2,1-3H3. The number of carbonyl (C=O) groups is 1. The molecule has 3 aromatic rings. The molecule has 0 radical (unpaired) electrons. The molecule has 4 heterocycles. The third-order valence-electron chi connectivity index (χ3n) is 5.44. The number of hydrogen-bond donors (Lipinski definition) is 0. The number of rotatable bonds is 4. The van der Waals surface area contributed by atoms with E-state index in [1.165, 1.54) is 31.0 Å². The maximum atomic E-state index is 15.1. The van der Waals surface area contributed by atoms with Crippen LogP contribution >= 0.6 is 12.2 Å². The fourth-order valence-electron chi connectivity index (χ4n) is 3.81. The largest absolute Gasteiger partial charge is 0.478 e. The van der Waals surface area contributed by atoms with Crippen LogP contribution in [0.1, 0.15) is 32.0 Å². The molecular weight excluding hydrogens is 504 g/mol. The van der Waals surface area contributed by atoms with E-state index in [9.17, 15) is 22.8 Å². The Labute approximate surface area is 206 Å². The fourth-order valence-corrected chi connectivity index (χ4v) is 4.33. The number of carbonyl (C=O) groups excluding carboxylic acids is 1. The minimum atomic E-state index is -4.91. The summed E-state index contributed by atoms with van der Waals surface area (Å²) in [5.74, 6) is -1.72. The summed E-state index contributed by atoms with van der Waals surface area (Å²) in [4.78, 5) is 35.4. The zero-order valence-electron chi connectivity index (χ0n) is 18.9. The van der Waals surface area contributed by atoms with Crippen LogP contribution in [0.2, 0.25) is 0 Å². The lowest BCUT2D eigenvalue weighted by Gasteiger charge is -2.29. The molecule has 0 spiro atoms. The molecule has 1 amide bonds. The number of hydrogen-bond acceptors (Lipinski definition) is 7. The van der Waals surface area contributed by atoms with Crippen LogP contribution in [0.25, 0.3) is 5.65 Å². The van der Waals surface area contributed by atoms with Gasteiger partial charge >= 0.3 is 6.18 Å². The van der Waals surface area contributed by atoms with Gasteiger partial charge in [-0.25, -0.2) is 9.37 Å². The van der Waals surface area contributed by atoms with Crippen molar-refractivity contribution in [1.82, 2.24) is 14.4 Å². The monoisotopic (exact) mass is 520 g/mol. The van der Waals surface area contributed by atoms with E-state index < -0.39 is 40.3 Å². The second-order valence-electron chi connectivity index (χ2n) is 8.12. The van der Waals surface area contributed by atoms with Crippen LogP contribution in [-0.2, 0) is 11.0 Å². The average molecular weight is 520 g/mol. The molecule has 1 aliphatic heterocycles. The van der Waals surface area contributed by atoms with Gasteiger partial charge in [0.2, 0.25) is 5.88 Å². The van der Waals surface area contributed by atoms with E-state index in [4.69, 9.17) is 22.2 Å². The molecule has 0 aromatic carbocycles. The van der Waals surface area contributed by atoms with Crippen LogP contribution in [-0.4, -0.2) is 37.5 Å². The number of ether oxygens (including phenoxy) is 1. The van der Waals surface area contributed by atoms with Gasteiger partial charge in [-0.15, -0.1) is 0 Å². The molecule has 0 N–H and O–H groups in total. The molecule has 4 rings (SSSR count). The van der Waals surface area contributed by atoms with Crippen molar-refractivity contribution in [1.29, 1.82) is 5.26 Å². The Hall–Kier alpha value is -4.12. The predicted molar refractivity (Wildman–Crippen MR) is 123 cm³/mol. The van der Waals surface area contributed by atoms with Crippen molar-refractivity contribution in [3.8, 4) is 11.9 Å². The number of nitrogens with zero attached hydrogens (tertiary/aromatic N) is 6. The summed E-state index contributed by atoms with van der Waals surface area (Å²) in [6, 6.07) is 4.03. The van der Waals surface area contributed by atoms with Gasteiger partial charge in [-0.3, -0.25) is 18.9 Å². The molecule has 0 aliphatic carbocycles. The number of pyridine rings is 2. The lowest BCUT2D eigenvalue weighted by Crippen LogP contribution is -2.44. The van der Waals surface area contributed by atoms with Crippen molar-refractivity contribution in [2.75, 3.05) is 16.4 Å². The average Bonchev–Trinajstić information content (AvgIpc) is 2.97. The van der Waals surface area contributed by atoms with E-state index in [1.54, 1.807) is 6.92 Å². The van der Waals surface area contributed by atoms with Gasteiger partial charge in [0.05, 0.1) is 35.8 Å². The molecule has 36 heavy (non-hydrogen) atoms. The molecular formula is C22H16F4N6O3S. The van der Waals surface area contributed by atoms with Crippen molar-refractivity contribution < 1.29 is 27.1 Å². The number of fused-ring (bicyclic) bond motifs is 1. The number of alkyl halides is 3. The second-order valence-corrected chi connectivity index (χ2v) is 8.49. The maximum Gasteiger partial charge on any atom is 0.419 e. The van der Waals surface area contributed by atoms with Gasteiger partial charge in [0.15, 0.2) is 22.3 Å². The Morgan fingerprint density at radius 1 is 1.19 bits per heavy atom. The van der Waals surface area contributed by atoms with E-state index in [1.807, 2.05) is 0 Å². The summed E-state index contributed by atoms with van der Waals surface area (Å²) in [6.45, 7) is 4.75. The molecule has 186 valence electrons. The fraction of sp³-hybridized carbons (Fsp3) is 0.273. The first kappa shape index (κ1) is 25.0. The second kappa shape index (κ2) is 8.52. The van der Waals surface area contributed by atoms with E-state index in [0.717, 1.165) is 27.6 Å². The van der Waals surface area contributed by atoms with Crippen LogP contribution in [0.15, 0.2) is 35.4 Å². The Bertz CT molecular complexity index is 1530. The number of anilines is 2. The minimum absolute atomic E-state index is 0.0171. The van der Waals surface area contributed by atoms with Crippen molar-refractivity contribution in [2.24, 2.45) is 0 Å². The molecule has 0 saturated carbocycles. The summed E-state index contributed by atoms with van der Waals surface area (Å²) in [6.07, 6.45) is -2.78. The van der Waals surface area contributed by atoms with Gasteiger partial charge in [0.25, 0.3) is 11.5 Å². The summed E-state index contributed by atoms with van der Waals surface area (Å²) in [7, 11) is 0. The van der Waals surface area contributed by atoms with E-state index in [0.29, 0.717) is 6.07 Å². The van der Waals surface area contributed by atoms with Crippen LogP contribution in [0.4, 0.5) is 28.9 Å². The first-order chi connectivity index (χ1) is 16.8.